The van der Waals surface area contributed by atoms with E-state index in [9.17, 15) is 9.18 Å². The van der Waals surface area contributed by atoms with Gasteiger partial charge in [0, 0.05) is 13.1 Å². The van der Waals surface area contributed by atoms with Gasteiger partial charge >= 0.3 is 0 Å². The highest BCUT2D eigenvalue weighted by Crippen LogP contribution is 2.19. The predicted octanol–water partition coefficient (Wildman–Crippen LogP) is 3.85. The molecule has 3 rings (SSSR count). The molecular formula is C20H23FN4O. The van der Waals surface area contributed by atoms with E-state index in [0.717, 1.165) is 24.8 Å². The largest absolute Gasteiger partial charge is 0.365 e. The molecule has 136 valence electrons. The van der Waals surface area contributed by atoms with Crippen molar-refractivity contribution in [3.05, 3.63) is 65.4 Å². The molecule has 6 heteroatoms. The molecular weight excluding hydrogens is 331 g/mol. The van der Waals surface area contributed by atoms with Crippen molar-refractivity contribution >= 4 is 11.7 Å². The Morgan fingerprint density at radius 2 is 1.96 bits per heavy atom. The summed E-state index contributed by atoms with van der Waals surface area (Å²) in [5, 5.41) is 5.99. The van der Waals surface area contributed by atoms with Gasteiger partial charge in [-0.2, -0.15) is 0 Å². The number of nitrogens with zero attached hydrogens (tertiary/aromatic N) is 2. The number of hydrogen-bond donors (Lipinski definition) is 2. The van der Waals surface area contributed by atoms with Crippen LogP contribution in [0.2, 0.25) is 0 Å². The molecule has 0 fully saturated rings. The second-order valence-corrected chi connectivity index (χ2v) is 6.38. The van der Waals surface area contributed by atoms with Crippen molar-refractivity contribution in [3.8, 4) is 0 Å². The molecule has 1 aromatic carbocycles. The molecule has 1 heterocycles. The zero-order chi connectivity index (χ0) is 18.2. The van der Waals surface area contributed by atoms with Gasteiger partial charge in [-0.05, 0) is 49.8 Å². The summed E-state index contributed by atoms with van der Waals surface area (Å²) >= 11 is 0. The van der Waals surface area contributed by atoms with E-state index in [1.807, 2.05) is 0 Å². The SMILES string of the molecule is O=C(NCCC1=CCCCC1)c1cnc(NCc2ccc(F)cc2)cn1. The molecule has 0 aliphatic heterocycles. The van der Waals surface area contributed by atoms with Gasteiger partial charge in [-0.25, -0.2) is 14.4 Å². The van der Waals surface area contributed by atoms with Crippen molar-refractivity contribution in [1.29, 1.82) is 0 Å². The monoisotopic (exact) mass is 354 g/mol. The van der Waals surface area contributed by atoms with Gasteiger partial charge in [-0.3, -0.25) is 4.79 Å². The van der Waals surface area contributed by atoms with Crippen molar-refractivity contribution in [3.63, 3.8) is 0 Å². The lowest BCUT2D eigenvalue weighted by Crippen LogP contribution is -2.26. The van der Waals surface area contributed by atoms with E-state index >= 15 is 0 Å². The van der Waals surface area contributed by atoms with Crippen LogP contribution in [0.4, 0.5) is 10.2 Å². The average molecular weight is 354 g/mol. The maximum atomic E-state index is 12.9. The van der Waals surface area contributed by atoms with Gasteiger partial charge in [0.05, 0.1) is 12.4 Å². The van der Waals surface area contributed by atoms with Crippen LogP contribution < -0.4 is 10.6 Å². The first-order valence-electron chi connectivity index (χ1n) is 8.97. The van der Waals surface area contributed by atoms with E-state index in [1.54, 1.807) is 12.1 Å². The van der Waals surface area contributed by atoms with Crippen LogP contribution in [0.1, 0.15) is 48.2 Å². The minimum Gasteiger partial charge on any atom is -0.365 e. The first kappa shape index (κ1) is 18.0. The highest BCUT2D eigenvalue weighted by molar-refractivity contribution is 5.91. The number of nitrogens with one attached hydrogen (secondary N) is 2. The van der Waals surface area contributed by atoms with Gasteiger partial charge in [0.1, 0.15) is 17.3 Å². The standard InChI is InChI=1S/C20H23FN4O/c21-17-8-6-16(7-9-17)12-24-19-14-23-18(13-25-19)20(26)22-11-10-15-4-2-1-3-5-15/h4,6-9,13-14H,1-3,5,10-12H2,(H,22,26)(H,24,25). The first-order valence-corrected chi connectivity index (χ1v) is 8.97. The van der Waals surface area contributed by atoms with Crippen molar-refractivity contribution in [2.24, 2.45) is 0 Å². The van der Waals surface area contributed by atoms with Crippen LogP contribution in [0.25, 0.3) is 0 Å². The van der Waals surface area contributed by atoms with E-state index in [2.05, 4.69) is 26.7 Å². The van der Waals surface area contributed by atoms with Crippen molar-refractivity contribution in [2.75, 3.05) is 11.9 Å². The quantitative estimate of drug-likeness (QED) is 0.741. The third-order valence-electron chi connectivity index (χ3n) is 4.39. The van der Waals surface area contributed by atoms with Gasteiger partial charge in [0.25, 0.3) is 5.91 Å². The normalized spacial score (nSPS) is 13.8. The zero-order valence-electron chi connectivity index (χ0n) is 14.7. The smallest absolute Gasteiger partial charge is 0.271 e. The lowest BCUT2D eigenvalue weighted by molar-refractivity contribution is 0.0948. The number of allylic oxidation sites excluding steroid dienone is 1. The molecule has 0 bridgehead atoms. The number of benzene rings is 1. The number of carbonyl (C=O) groups excluding carboxylic acids is 1. The molecule has 0 unspecified atom stereocenters. The molecule has 0 saturated carbocycles. The first-order chi connectivity index (χ1) is 12.7. The van der Waals surface area contributed by atoms with Crippen LogP contribution in [-0.4, -0.2) is 22.4 Å². The summed E-state index contributed by atoms with van der Waals surface area (Å²) in [7, 11) is 0. The fourth-order valence-electron chi connectivity index (χ4n) is 2.89. The molecule has 1 aliphatic rings. The van der Waals surface area contributed by atoms with Gasteiger partial charge < -0.3 is 10.6 Å². The third kappa shape index (κ3) is 5.37. The van der Waals surface area contributed by atoms with Crippen molar-refractivity contribution in [2.45, 2.75) is 38.6 Å². The van der Waals surface area contributed by atoms with Crippen LogP contribution in [0.3, 0.4) is 0 Å². The summed E-state index contributed by atoms with van der Waals surface area (Å²) in [6.07, 6.45) is 11.0. The number of carbonyl (C=O) groups is 1. The van der Waals surface area contributed by atoms with Crippen LogP contribution >= 0.6 is 0 Å². The molecule has 26 heavy (non-hydrogen) atoms. The minimum absolute atomic E-state index is 0.209. The summed E-state index contributed by atoms with van der Waals surface area (Å²) < 4.78 is 12.9. The van der Waals surface area contributed by atoms with E-state index in [-0.39, 0.29) is 11.7 Å². The lowest BCUT2D eigenvalue weighted by atomic mass is 9.97. The zero-order valence-corrected chi connectivity index (χ0v) is 14.7. The average Bonchev–Trinajstić information content (AvgIpc) is 2.69. The lowest BCUT2D eigenvalue weighted by Gasteiger charge is -2.12. The Kier molecular flexibility index (Phi) is 6.30. The number of halogens is 1. The van der Waals surface area contributed by atoms with Crippen molar-refractivity contribution < 1.29 is 9.18 Å². The molecule has 1 amide bonds. The number of anilines is 1. The molecule has 0 saturated heterocycles. The molecule has 0 spiro atoms. The number of hydrogen-bond acceptors (Lipinski definition) is 4. The highest BCUT2D eigenvalue weighted by atomic mass is 19.1. The van der Waals surface area contributed by atoms with E-state index in [0.29, 0.717) is 24.6 Å². The highest BCUT2D eigenvalue weighted by Gasteiger charge is 2.09. The molecule has 0 radical (unpaired) electrons. The van der Waals surface area contributed by atoms with Gasteiger partial charge in [-0.1, -0.05) is 23.8 Å². The maximum Gasteiger partial charge on any atom is 0.271 e. The Hall–Kier alpha value is -2.76. The number of amides is 1. The summed E-state index contributed by atoms with van der Waals surface area (Å²) in [6, 6.07) is 6.25. The number of rotatable bonds is 7. The molecule has 1 aromatic heterocycles. The summed E-state index contributed by atoms with van der Waals surface area (Å²) in [5.74, 6) is 0.0981. The fraction of sp³-hybridized carbons (Fsp3) is 0.350. The summed E-state index contributed by atoms with van der Waals surface area (Å²) in [4.78, 5) is 20.5. The second-order valence-electron chi connectivity index (χ2n) is 6.38. The third-order valence-corrected chi connectivity index (χ3v) is 4.39. The number of aromatic nitrogens is 2. The second kappa shape index (κ2) is 9.08. The predicted molar refractivity (Wildman–Crippen MR) is 99.3 cm³/mol. The maximum absolute atomic E-state index is 12.9. The van der Waals surface area contributed by atoms with Crippen LogP contribution in [-0.2, 0) is 6.54 Å². The molecule has 0 atom stereocenters. The molecule has 1 aliphatic carbocycles. The Morgan fingerprint density at radius 3 is 2.65 bits per heavy atom. The van der Waals surface area contributed by atoms with Gasteiger partial charge in [0.2, 0.25) is 0 Å². The summed E-state index contributed by atoms with van der Waals surface area (Å²) in [5.41, 5.74) is 2.67. The minimum atomic E-state index is -0.260. The Morgan fingerprint density at radius 1 is 1.12 bits per heavy atom. The van der Waals surface area contributed by atoms with Crippen LogP contribution in [0, 0.1) is 5.82 Å². The Bertz CT molecular complexity index is 756. The molecule has 2 aromatic rings. The van der Waals surface area contributed by atoms with E-state index < -0.39 is 0 Å². The van der Waals surface area contributed by atoms with E-state index in [4.69, 9.17) is 0 Å². The molecule has 2 N–H and O–H groups in total. The topological polar surface area (TPSA) is 66.9 Å². The summed E-state index contributed by atoms with van der Waals surface area (Å²) in [6.45, 7) is 1.13. The van der Waals surface area contributed by atoms with Crippen molar-refractivity contribution in [1.82, 2.24) is 15.3 Å². The fourth-order valence-corrected chi connectivity index (χ4v) is 2.89. The van der Waals surface area contributed by atoms with E-state index in [1.165, 1.54) is 42.9 Å². The van der Waals surface area contributed by atoms with Crippen LogP contribution in [0.15, 0.2) is 48.3 Å². The van der Waals surface area contributed by atoms with Gasteiger partial charge in [-0.15, -0.1) is 0 Å². The van der Waals surface area contributed by atoms with Gasteiger partial charge in [0.15, 0.2) is 0 Å². The Balaban J connectivity index is 1.44. The van der Waals surface area contributed by atoms with Crippen LogP contribution in [0.5, 0.6) is 0 Å². The molecule has 5 nitrogen and oxygen atoms in total. The Labute approximate surface area is 152 Å².